The molecule has 1 fully saturated rings. The number of hydrogen-bond acceptors (Lipinski definition) is 7. The highest BCUT2D eigenvalue weighted by atomic mass is 16.7. The van der Waals surface area contributed by atoms with Crippen molar-refractivity contribution in [2.45, 2.75) is 45.1 Å². The van der Waals surface area contributed by atoms with Crippen LogP contribution in [0.2, 0.25) is 0 Å². The number of cyclic esters (lactones) is 1. The van der Waals surface area contributed by atoms with Crippen LogP contribution < -0.4 is 0 Å². The topological polar surface area (TPSA) is 83.5 Å². The molecule has 0 aliphatic carbocycles. The lowest BCUT2D eigenvalue weighted by molar-refractivity contribution is -0.149. The third kappa shape index (κ3) is 5.59. The Morgan fingerprint density at radius 3 is 2.73 bits per heavy atom. The molecule has 2 amide bonds. The molecule has 1 saturated heterocycles. The highest BCUT2D eigenvalue weighted by Crippen LogP contribution is 2.27. The molecule has 0 N–H and O–H groups in total. The Kier molecular flexibility index (Phi) is 7.84. The molecule has 2 aliphatic heterocycles. The monoisotopic (exact) mass is 419 g/mol. The number of nitrogens with zero attached hydrogens (tertiary/aromatic N) is 1. The number of carbonyl (C=O) groups excluding carboxylic acids is 2. The van der Waals surface area contributed by atoms with E-state index in [1.807, 2.05) is 44.2 Å². The van der Waals surface area contributed by atoms with E-state index in [4.69, 9.17) is 23.7 Å². The first-order chi connectivity index (χ1) is 14.5. The van der Waals surface area contributed by atoms with Gasteiger partial charge in [-0.15, -0.1) is 0 Å². The smallest absolute Gasteiger partial charge is 0.417 e. The number of carbonyl (C=O) groups is 2. The Morgan fingerprint density at radius 2 is 2.03 bits per heavy atom. The van der Waals surface area contributed by atoms with Gasteiger partial charge in [0.2, 0.25) is 0 Å². The van der Waals surface area contributed by atoms with E-state index in [0.717, 1.165) is 5.56 Å². The fourth-order valence-electron chi connectivity index (χ4n) is 3.43. The summed E-state index contributed by atoms with van der Waals surface area (Å²) in [7, 11) is 1.52. The lowest BCUT2D eigenvalue weighted by atomic mass is 10.0. The lowest BCUT2D eigenvalue weighted by Gasteiger charge is -2.32. The van der Waals surface area contributed by atoms with Crippen LogP contribution in [0.5, 0.6) is 0 Å². The third-order valence-corrected chi connectivity index (χ3v) is 5.04. The number of rotatable bonds is 9. The van der Waals surface area contributed by atoms with Gasteiger partial charge in [-0.25, -0.2) is 9.69 Å². The van der Waals surface area contributed by atoms with Gasteiger partial charge in [0.1, 0.15) is 24.6 Å². The molecule has 2 aliphatic rings. The van der Waals surface area contributed by atoms with Crippen LogP contribution in [0.4, 0.5) is 4.79 Å². The Labute approximate surface area is 176 Å². The summed E-state index contributed by atoms with van der Waals surface area (Å²) in [5.41, 5.74) is 1.04. The number of imide groups is 1. The van der Waals surface area contributed by atoms with E-state index in [2.05, 4.69) is 0 Å². The highest BCUT2D eigenvalue weighted by Gasteiger charge is 2.44. The summed E-state index contributed by atoms with van der Waals surface area (Å²) < 4.78 is 27.4. The van der Waals surface area contributed by atoms with Gasteiger partial charge in [-0.3, -0.25) is 4.79 Å². The van der Waals surface area contributed by atoms with Crippen LogP contribution >= 0.6 is 0 Å². The van der Waals surface area contributed by atoms with Crippen molar-refractivity contribution < 1.29 is 33.3 Å². The molecule has 3 rings (SSSR count). The van der Waals surface area contributed by atoms with Gasteiger partial charge in [-0.2, -0.15) is 0 Å². The standard InChI is InChI=1S/C22H29NO7/c1-15(2)19-13-28-22(25)23(19)21(24)20-10-17(29-14-26-3)9-18(30-20)12-27-11-16-7-5-4-6-8-16/h4-9,15,18-20H,10-14H2,1-3H3/t18-,19-,20-/m1/s1. The average molecular weight is 419 g/mol. The SMILES string of the molecule is COCOC1=C[C@H](COCc2ccccc2)O[C@@H](C(=O)N2C(=O)OC[C@@H]2C(C)C)C1. The number of amides is 2. The number of methoxy groups -OCH3 is 1. The molecule has 0 bridgehead atoms. The van der Waals surface area contributed by atoms with Gasteiger partial charge in [0, 0.05) is 13.5 Å². The lowest BCUT2D eigenvalue weighted by Crippen LogP contribution is -2.49. The Morgan fingerprint density at radius 1 is 1.27 bits per heavy atom. The van der Waals surface area contributed by atoms with Crippen molar-refractivity contribution in [3.05, 3.63) is 47.7 Å². The van der Waals surface area contributed by atoms with Gasteiger partial charge in [0.15, 0.2) is 6.79 Å². The second kappa shape index (κ2) is 10.6. The molecule has 0 spiro atoms. The first-order valence-corrected chi connectivity index (χ1v) is 10.1. The zero-order chi connectivity index (χ0) is 21.5. The van der Waals surface area contributed by atoms with Gasteiger partial charge >= 0.3 is 6.09 Å². The number of hydrogen-bond donors (Lipinski definition) is 0. The number of benzene rings is 1. The fraction of sp³-hybridized carbons (Fsp3) is 0.545. The van der Waals surface area contributed by atoms with Crippen molar-refractivity contribution in [2.75, 3.05) is 27.1 Å². The Bertz CT molecular complexity index is 749. The van der Waals surface area contributed by atoms with E-state index in [-0.39, 0.29) is 38.4 Å². The molecule has 0 unspecified atom stereocenters. The second-order valence-corrected chi connectivity index (χ2v) is 7.65. The van der Waals surface area contributed by atoms with E-state index in [9.17, 15) is 9.59 Å². The van der Waals surface area contributed by atoms with E-state index >= 15 is 0 Å². The zero-order valence-corrected chi connectivity index (χ0v) is 17.6. The number of ether oxygens (including phenoxy) is 5. The molecule has 1 aromatic carbocycles. The molecule has 0 radical (unpaired) electrons. The van der Waals surface area contributed by atoms with Crippen molar-refractivity contribution in [1.82, 2.24) is 4.90 Å². The molecule has 3 atom stereocenters. The molecule has 30 heavy (non-hydrogen) atoms. The van der Waals surface area contributed by atoms with E-state index in [1.165, 1.54) is 12.0 Å². The first-order valence-electron chi connectivity index (χ1n) is 10.1. The van der Waals surface area contributed by atoms with Crippen LogP contribution in [-0.4, -0.2) is 62.3 Å². The summed E-state index contributed by atoms with van der Waals surface area (Å²) >= 11 is 0. The average Bonchev–Trinajstić information content (AvgIpc) is 3.14. The molecule has 0 saturated carbocycles. The van der Waals surface area contributed by atoms with Crippen LogP contribution in [0.15, 0.2) is 42.2 Å². The first kappa shape index (κ1) is 22.3. The van der Waals surface area contributed by atoms with Gasteiger partial charge in [-0.05, 0) is 17.6 Å². The van der Waals surface area contributed by atoms with Crippen LogP contribution in [0.25, 0.3) is 0 Å². The quantitative estimate of drug-likeness (QED) is 0.569. The van der Waals surface area contributed by atoms with Gasteiger partial charge in [-0.1, -0.05) is 44.2 Å². The maximum absolute atomic E-state index is 13.1. The predicted octanol–water partition coefficient (Wildman–Crippen LogP) is 2.87. The summed E-state index contributed by atoms with van der Waals surface area (Å²) in [6.45, 7) is 4.82. The van der Waals surface area contributed by atoms with E-state index < -0.39 is 24.2 Å². The normalized spacial score (nSPS) is 24.0. The summed E-state index contributed by atoms with van der Waals surface area (Å²) in [6, 6.07) is 9.47. The van der Waals surface area contributed by atoms with Crippen LogP contribution in [-0.2, 0) is 35.1 Å². The fourth-order valence-corrected chi connectivity index (χ4v) is 3.43. The van der Waals surface area contributed by atoms with Crippen molar-refractivity contribution >= 4 is 12.0 Å². The van der Waals surface area contributed by atoms with Crippen molar-refractivity contribution in [3.8, 4) is 0 Å². The predicted molar refractivity (Wildman–Crippen MR) is 107 cm³/mol. The van der Waals surface area contributed by atoms with Gasteiger partial charge in [0.25, 0.3) is 5.91 Å². The van der Waals surface area contributed by atoms with Crippen molar-refractivity contribution in [1.29, 1.82) is 0 Å². The third-order valence-electron chi connectivity index (χ3n) is 5.04. The van der Waals surface area contributed by atoms with Crippen LogP contribution in [0, 0.1) is 5.92 Å². The van der Waals surface area contributed by atoms with E-state index in [0.29, 0.717) is 12.4 Å². The maximum Gasteiger partial charge on any atom is 0.417 e. The summed E-state index contributed by atoms with van der Waals surface area (Å²) in [6.07, 6.45) is 0.0219. The molecular weight excluding hydrogens is 390 g/mol. The summed E-state index contributed by atoms with van der Waals surface area (Å²) in [5.74, 6) is 0.230. The maximum atomic E-state index is 13.1. The molecule has 8 nitrogen and oxygen atoms in total. The highest BCUT2D eigenvalue weighted by molar-refractivity contribution is 5.96. The van der Waals surface area contributed by atoms with Gasteiger partial charge < -0.3 is 23.7 Å². The summed E-state index contributed by atoms with van der Waals surface area (Å²) in [4.78, 5) is 26.5. The second-order valence-electron chi connectivity index (χ2n) is 7.65. The minimum Gasteiger partial charge on any atom is -0.472 e. The molecule has 164 valence electrons. The molecule has 1 aromatic rings. The van der Waals surface area contributed by atoms with Crippen molar-refractivity contribution in [3.63, 3.8) is 0 Å². The zero-order valence-electron chi connectivity index (χ0n) is 17.6. The van der Waals surface area contributed by atoms with Crippen LogP contribution in [0.1, 0.15) is 25.8 Å². The Hall–Kier alpha value is -2.42. The minimum absolute atomic E-state index is 0.0602. The molecule has 2 heterocycles. The summed E-state index contributed by atoms with van der Waals surface area (Å²) in [5, 5.41) is 0. The van der Waals surface area contributed by atoms with Gasteiger partial charge in [0.05, 0.1) is 19.3 Å². The van der Waals surface area contributed by atoms with Crippen molar-refractivity contribution in [2.24, 2.45) is 5.92 Å². The largest absolute Gasteiger partial charge is 0.472 e. The molecule has 8 heteroatoms. The van der Waals surface area contributed by atoms with E-state index in [1.54, 1.807) is 6.08 Å². The minimum atomic E-state index is -0.862. The Balaban J connectivity index is 1.66. The van der Waals surface area contributed by atoms with Crippen LogP contribution in [0.3, 0.4) is 0 Å². The molecular formula is C22H29NO7. The molecule has 0 aromatic heterocycles.